The predicted octanol–water partition coefficient (Wildman–Crippen LogP) is 4.41. The average Bonchev–Trinajstić information content (AvgIpc) is 3.03. The zero-order valence-corrected chi connectivity index (χ0v) is 14.5. The molecule has 0 saturated carbocycles. The third-order valence-corrected chi connectivity index (χ3v) is 4.37. The van der Waals surface area contributed by atoms with E-state index < -0.39 is 0 Å². The summed E-state index contributed by atoms with van der Waals surface area (Å²) in [6.45, 7) is 1.95. The molecule has 0 unspecified atom stereocenters. The fraction of sp³-hybridized carbons (Fsp3) is 0.0909. The lowest BCUT2D eigenvalue weighted by Gasteiger charge is -2.18. The summed E-state index contributed by atoms with van der Waals surface area (Å²) in [5.74, 6) is -0.420. The van der Waals surface area contributed by atoms with Crippen LogP contribution >= 0.6 is 0 Å². The second kappa shape index (κ2) is 6.84. The standard InChI is InChI=1S/C22H19N3O/c1-16-14-25-15-19(12-13-20(25)23-16)24-22(26)21(17-8-4-2-5-9-17)18-10-6-3-7-11-18/h2-15,21H,1H3,(H,24,26). The van der Waals surface area contributed by atoms with Gasteiger partial charge in [-0.05, 0) is 30.2 Å². The summed E-state index contributed by atoms with van der Waals surface area (Å²) >= 11 is 0. The van der Waals surface area contributed by atoms with Crippen molar-refractivity contribution in [2.24, 2.45) is 0 Å². The molecule has 4 heteroatoms. The normalized spacial score (nSPS) is 11.0. The van der Waals surface area contributed by atoms with Crippen LogP contribution in [0, 0.1) is 6.92 Å². The molecule has 0 spiro atoms. The Morgan fingerprint density at radius 1 is 0.885 bits per heavy atom. The van der Waals surface area contributed by atoms with Crippen LogP contribution in [0.15, 0.2) is 85.2 Å². The zero-order chi connectivity index (χ0) is 17.9. The molecule has 1 amide bonds. The highest BCUT2D eigenvalue weighted by atomic mass is 16.1. The predicted molar refractivity (Wildman–Crippen MR) is 103 cm³/mol. The number of benzene rings is 2. The number of pyridine rings is 1. The lowest BCUT2D eigenvalue weighted by Crippen LogP contribution is -2.22. The van der Waals surface area contributed by atoms with Crippen LogP contribution in [-0.2, 0) is 4.79 Å². The first-order valence-corrected chi connectivity index (χ1v) is 8.57. The molecule has 26 heavy (non-hydrogen) atoms. The number of carbonyl (C=O) groups is 1. The van der Waals surface area contributed by atoms with Gasteiger partial charge >= 0.3 is 0 Å². The third kappa shape index (κ3) is 3.22. The van der Waals surface area contributed by atoms with E-state index in [9.17, 15) is 4.79 Å². The van der Waals surface area contributed by atoms with E-state index in [1.165, 1.54) is 0 Å². The second-order valence-electron chi connectivity index (χ2n) is 6.31. The van der Waals surface area contributed by atoms with Gasteiger partial charge in [0.1, 0.15) is 5.65 Å². The number of carbonyl (C=O) groups excluding carboxylic acids is 1. The summed E-state index contributed by atoms with van der Waals surface area (Å²) in [6, 6.07) is 23.5. The van der Waals surface area contributed by atoms with Crippen molar-refractivity contribution < 1.29 is 4.79 Å². The minimum Gasteiger partial charge on any atom is -0.324 e. The smallest absolute Gasteiger partial charge is 0.236 e. The van der Waals surface area contributed by atoms with Gasteiger partial charge in [-0.1, -0.05) is 60.7 Å². The molecule has 0 aliphatic carbocycles. The Morgan fingerprint density at radius 3 is 2.12 bits per heavy atom. The van der Waals surface area contributed by atoms with Crippen LogP contribution in [0.2, 0.25) is 0 Å². The van der Waals surface area contributed by atoms with Crippen LogP contribution in [-0.4, -0.2) is 15.3 Å². The monoisotopic (exact) mass is 341 g/mol. The van der Waals surface area contributed by atoms with E-state index in [4.69, 9.17) is 0 Å². The van der Waals surface area contributed by atoms with Crippen LogP contribution in [0.5, 0.6) is 0 Å². The van der Waals surface area contributed by atoms with Gasteiger partial charge in [0.25, 0.3) is 0 Å². The Hall–Kier alpha value is -3.40. The van der Waals surface area contributed by atoms with Crippen molar-refractivity contribution in [3.05, 3.63) is 102 Å². The first-order valence-electron chi connectivity index (χ1n) is 8.57. The third-order valence-electron chi connectivity index (χ3n) is 4.37. The summed E-state index contributed by atoms with van der Waals surface area (Å²) in [5, 5.41) is 3.05. The number of aryl methyl sites for hydroxylation is 1. The molecule has 2 aromatic heterocycles. The highest BCUT2D eigenvalue weighted by Gasteiger charge is 2.22. The van der Waals surface area contributed by atoms with Gasteiger partial charge < -0.3 is 9.72 Å². The Kier molecular flexibility index (Phi) is 4.23. The number of amides is 1. The van der Waals surface area contributed by atoms with Crippen LogP contribution < -0.4 is 5.32 Å². The molecule has 4 nitrogen and oxygen atoms in total. The average molecular weight is 341 g/mol. The van der Waals surface area contributed by atoms with Crippen molar-refractivity contribution in [1.82, 2.24) is 9.38 Å². The molecule has 0 radical (unpaired) electrons. The summed E-state index contributed by atoms with van der Waals surface area (Å²) in [7, 11) is 0. The van der Waals surface area contributed by atoms with E-state index >= 15 is 0 Å². The lowest BCUT2D eigenvalue weighted by molar-refractivity contribution is -0.116. The Morgan fingerprint density at radius 2 is 1.50 bits per heavy atom. The second-order valence-corrected chi connectivity index (χ2v) is 6.31. The summed E-state index contributed by atoms with van der Waals surface area (Å²) in [4.78, 5) is 17.5. The van der Waals surface area contributed by atoms with Gasteiger partial charge in [-0.3, -0.25) is 4.79 Å². The Labute approximate surface area is 152 Å². The van der Waals surface area contributed by atoms with E-state index in [1.807, 2.05) is 96.5 Å². The topological polar surface area (TPSA) is 46.4 Å². The highest BCUT2D eigenvalue weighted by Crippen LogP contribution is 2.26. The van der Waals surface area contributed by atoms with Crippen molar-refractivity contribution >= 4 is 17.2 Å². The summed E-state index contributed by atoms with van der Waals surface area (Å²) in [5.41, 5.74) is 4.49. The quantitative estimate of drug-likeness (QED) is 0.597. The van der Waals surface area contributed by atoms with Gasteiger partial charge in [0, 0.05) is 12.4 Å². The number of nitrogens with one attached hydrogen (secondary N) is 1. The number of imidazole rings is 1. The molecule has 2 heterocycles. The fourth-order valence-corrected chi connectivity index (χ4v) is 3.19. The number of aromatic nitrogens is 2. The van der Waals surface area contributed by atoms with Crippen molar-refractivity contribution in [2.75, 3.05) is 5.32 Å². The van der Waals surface area contributed by atoms with Gasteiger partial charge in [-0.2, -0.15) is 0 Å². The number of fused-ring (bicyclic) bond motifs is 1. The van der Waals surface area contributed by atoms with Gasteiger partial charge in [0.15, 0.2) is 0 Å². The lowest BCUT2D eigenvalue weighted by atomic mass is 9.90. The SMILES string of the molecule is Cc1cn2cc(NC(=O)C(c3ccccc3)c3ccccc3)ccc2n1. The van der Waals surface area contributed by atoms with Gasteiger partial charge in [0.05, 0.1) is 17.3 Å². The van der Waals surface area contributed by atoms with Crippen LogP contribution in [0.3, 0.4) is 0 Å². The first-order chi connectivity index (χ1) is 12.7. The molecule has 4 aromatic rings. The highest BCUT2D eigenvalue weighted by molar-refractivity contribution is 5.98. The number of rotatable bonds is 4. The van der Waals surface area contributed by atoms with Crippen molar-refractivity contribution in [3.63, 3.8) is 0 Å². The number of nitrogens with zero attached hydrogens (tertiary/aromatic N) is 2. The maximum absolute atomic E-state index is 13.1. The molecule has 0 atom stereocenters. The number of anilines is 1. The van der Waals surface area contributed by atoms with Crippen LogP contribution in [0.4, 0.5) is 5.69 Å². The van der Waals surface area contributed by atoms with Crippen LogP contribution in [0.25, 0.3) is 5.65 Å². The number of hydrogen-bond donors (Lipinski definition) is 1. The number of hydrogen-bond acceptors (Lipinski definition) is 2. The largest absolute Gasteiger partial charge is 0.324 e. The Balaban J connectivity index is 1.67. The molecule has 2 aromatic carbocycles. The summed E-state index contributed by atoms with van der Waals surface area (Å²) in [6.07, 6.45) is 3.83. The zero-order valence-electron chi connectivity index (χ0n) is 14.5. The first kappa shape index (κ1) is 16.1. The molecule has 0 fully saturated rings. The van der Waals surface area contributed by atoms with Gasteiger partial charge in [-0.15, -0.1) is 0 Å². The van der Waals surface area contributed by atoms with E-state index in [-0.39, 0.29) is 11.8 Å². The van der Waals surface area contributed by atoms with Gasteiger partial charge in [0.2, 0.25) is 5.91 Å². The molecule has 128 valence electrons. The fourth-order valence-electron chi connectivity index (χ4n) is 3.19. The maximum atomic E-state index is 13.1. The molecular formula is C22H19N3O. The molecule has 0 bridgehead atoms. The maximum Gasteiger partial charge on any atom is 0.236 e. The van der Waals surface area contributed by atoms with Gasteiger partial charge in [-0.25, -0.2) is 4.98 Å². The molecule has 4 rings (SSSR count). The molecule has 1 N–H and O–H groups in total. The van der Waals surface area contributed by atoms with E-state index in [2.05, 4.69) is 10.3 Å². The van der Waals surface area contributed by atoms with Crippen molar-refractivity contribution in [2.45, 2.75) is 12.8 Å². The minimum atomic E-state index is -0.363. The Bertz CT molecular complexity index is 999. The molecule has 0 aliphatic heterocycles. The van der Waals surface area contributed by atoms with E-state index in [0.29, 0.717) is 0 Å². The molecular weight excluding hydrogens is 322 g/mol. The van der Waals surface area contributed by atoms with E-state index in [0.717, 1.165) is 28.2 Å². The molecule has 0 saturated heterocycles. The van der Waals surface area contributed by atoms with E-state index in [1.54, 1.807) is 0 Å². The van der Waals surface area contributed by atoms with Crippen molar-refractivity contribution in [3.8, 4) is 0 Å². The summed E-state index contributed by atoms with van der Waals surface area (Å²) < 4.78 is 1.92. The molecule has 0 aliphatic rings. The van der Waals surface area contributed by atoms with Crippen LogP contribution in [0.1, 0.15) is 22.7 Å². The minimum absolute atomic E-state index is 0.0569. The van der Waals surface area contributed by atoms with Crippen molar-refractivity contribution in [1.29, 1.82) is 0 Å².